The van der Waals surface area contributed by atoms with Crippen LogP contribution >= 0.6 is 0 Å². The van der Waals surface area contributed by atoms with E-state index in [0.29, 0.717) is 19.0 Å². The van der Waals surface area contributed by atoms with E-state index in [-0.39, 0.29) is 6.03 Å². The fourth-order valence-electron chi connectivity index (χ4n) is 4.31. The van der Waals surface area contributed by atoms with Gasteiger partial charge in [-0.2, -0.15) is 0 Å². The minimum Gasteiger partial charge on any atom is -0.497 e. The Morgan fingerprint density at radius 2 is 1.59 bits per heavy atom. The number of nitrogens with one attached hydrogen (secondary N) is 1. The summed E-state index contributed by atoms with van der Waals surface area (Å²) in [5.74, 6) is 2.79. The lowest BCUT2D eigenvalue weighted by molar-refractivity contribution is 0.208. The van der Waals surface area contributed by atoms with Crippen molar-refractivity contribution in [2.24, 2.45) is 0 Å². The molecule has 0 bridgehead atoms. The first-order valence-corrected chi connectivity index (χ1v) is 11.8. The first kappa shape index (κ1) is 23.5. The average Bonchev–Trinajstić information content (AvgIpc) is 2.84. The third-order valence-corrected chi connectivity index (χ3v) is 6.21. The van der Waals surface area contributed by atoms with Crippen molar-refractivity contribution in [1.82, 2.24) is 14.9 Å². The van der Waals surface area contributed by atoms with E-state index in [4.69, 9.17) is 14.7 Å². The van der Waals surface area contributed by atoms with Crippen LogP contribution in [0.4, 0.5) is 16.3 Å². The number of hydrogen-bond acceptors (Lipinski definition) is 5. The highest BCUT2D eigenvalue weighted by Gasteiger charge is 2.26. The van der Waals surface area contributed by atoms with Gasteiger partial charge in [0.1, 0.15) is 11.6 Å². The number of urea groups is 1. The Bertz CT molecular complexity index is 1130. The van der Waals surface area contributed by atoms with E-state index in [1.54, 1.807) is 7.11 Å². The second-order valence-corrected chi connectivity index (χ2v) is 9.02. The molecule has 3 aromatic rings. The van der Waals surface area contributed by atoms with Gasteiger partial charge in [-0.3, -0.25) is 0 Å². The van der Waals surface area contributed by atoms with Crippen LogP contribution in [-0.2, 0) is 0 Å². The van der Waals surface area contributed by atoms with E-state index < -0.39 is 0 Å². The molecule has 1 aliphatic heterocycles. The van der Waals surface area contributed by atoms with Crippen molar-refractivity contribution in [3.63, 3.8) is 0 Å². The molecule has 34 heavy (non-hydrogen) atoms. The molecule has 2 heterocycles. The van der Waals surface area contributed by atoms with Crippen LogP contribution in [0.2, 0.25) is 0 Å². The fourth-order valence-corrected chi connectivity index (χ4v) is 4.31. The van der Waals surface area contributed by atoms with Crippen LogP contribution in [0.1, 0.15) is 36.6 Å². The molecule has 4 rings (SSSR count). The summed E-state index contributed by atoms with van der Waals surface area (Å²) in [6.45, 7) is 11.2. The lowest BCUT2D eigenvalue weighted by atomic mass is 10.0. The molecule has 0 spiro atoms. The standard InChI is InChI=1S/C27H33N5O2/c1-18(2)24-20(4)28-25(21-8-6-19(3)7-9-21)30-26(24)31-14-16-32(17-15-31)27(33)29-22-10-12-23(34-5)13-11-22/h6-13,18H,14-17H2,1-5H3,(H,29,33). The number of hydrogen-bond donors (Lipinski definition) is 1. The van der Waals surface area contributed by atoms with Crippen molar-refractivity contribution in [1.29, 1.82) is 0 Å². The summed E-state index contributed by atoms with van der Waals surface area (Å²) in [6.07, 6.45) is 0. The van der Waals surface area contributed by atoms with Crippen molar-refractivity contribution in [3.8, 4) is 17.1 Å². The third kappa shape index (κ3) is 5.14. The Morgan fingerprint density at radius 1 is 0.941 bits per heavy atom. The molecular formula is C27H33N5O2. The molecule has 1 fully saturated rings. The molecule has 1 N–H and O–H groups in total. The molecule has 2 amide bonds. The maximum Gasteiger partial charge on any atom is 0.321 e. The van der Waals surface area contributed by atoms with E-state index in [9.17, 15) is 4.79 Å². The van der Waals surface area contributed by atoms with Gasteiger partial charge in [0.25, 0.3) is 0 Å². The SMILES string of the molecule is COc1ccc(NC(=O)N2CCN(c3nc(-c4ccc(C)cc4)nc(C)c3C(C)C)CC2)cc1. The molecule has 0 radical (unpaired) electrons. The van der Waals surface area contributed by atoms with E-state index in [1.165, 1.54) is 11.1 Å². The Hall–Kier alpha value is -3.61. The van der Waals surface area contributed by atoms with E-state index >= 15 is 0 Å². The van der Waals surface area contributed by atoms with Crippen LogP contribution in [0.5, 0.6) is 5.75 Å². The van der Waals surface area contributed by atoms with Gasteiger partial charge < -0.3 is 19.9 Å². The largest absolute Gasteiger partial charge is 0.497 e. The van der Waals surface area contributed by atoms with Crippen LogP contribution in [0, 0.1) is 13.8 Å². The number of benzene rings is 2. The van der Waals surface area contributed by atoms with Gasteiger partial charge >= 0.3 is 6.03 Å². The quantitative estimate of drug-likeness (QED) is 0.565. The molecule has 0 atom stereocenters. The summed E-state index contributed by atoms with van der Waals surface area (Å²) in [5.41, 5.74) is 5.16. The average molecular weight is 460 g/mol. The summed E-state index contributed by atoms with van der Waals surface area (Å²) in [7, 11) is 1.63. The van der Waals surface area contributed by atoms with Gasteiger partial charge in [-0.1, -0.05) is 43.7 Å². The summed E-state index contributed by atoms with van der Waals surface area (Å²) in [4.78, 5) is 26.8. The van der Waals surface area contributed by atoms with Crippen LogP contribution < -0.4 is 15.0 Å². The van der Waals surface area contributed by atoms with Crippen LogP contribution in [0.3, 0.4) is 0 Å². The Balaban J connectivity index is 1.50. The number of amides is 2. The van der Waals surface area contributed by atoms with Crippen LogP contribution in [0.15, 0.2) is 48.5 Å². The van der Waals surface area contributed by atoms with Crippen LogP contribution in [0.25, 0.3) is 11.4 Å². The number of nitrogens with zero attached hydrogens (tertiary/aromatic N) is 4. The molecule has 2 aromatic carbocycles. The predicted molar refractivity (Wildman–Crippen MR) is 137 cm³/mol. The van der Waals surface area contributed by atoms with Gasteiger partial charge in [-0.25, -0.2) is 14.8 Å². The molecule has 1 saturated heterocycles. The molecule has 7 heteroatoms. The molecule has 0 unspecified atom stereocenters. The van der Waals surface area contributed by atoms with E-state index in [1.807, 2.05) is 29.2 Å². The number of aromatic nitrogens is 2. The zero-order valence-electron chi connectivity index (χ0n) is 20.6. The number of carbonyl (C=O) groups excluding carboxylic acids is 1. The normalized spacial score (nSPS) is 13.8. The summed E-state index contributed by atoms with van der Waals surface area (Å²) in [5, 5.41) is 2.98. The van der Waals surface area contributed by atoms with Gasteiger partial charge in [0, 0.05) is 48.7 Å². The number of piperazine rings is 1. The number of aryl methyl sites for hydroxylation is 2. The monoisotopic (exact) mass is 459 g/mol. The van der Waals surface area contributed by atoms with Gasteiger partial charge in [-0.05, 0) is 44.0 Å². The van der Waals surface area contributed by atoms with Gasteiger partial charge in [0.2, 0.25) is 0 Å². The van der Waals surface area contributed by atoms with Crippen LogP contribution in [-0.4, -0.2) is 54.2 Å². The van der Waals surface area contributed by atoms with Gasteiger partial charge in [-0.15, -0.1) is 0 Å². The van der Waals surface area contributed by atoms with Crippen molar-refractivity contribution >= 4 is 17.5 Å². The Kier molecular flexibility index (Phi) is 7.01. The predicted octanol–water partition coefficient (Wildman–Crippen LogP) is 5.25. The minimum absolute atomic E-state index is 0.0897. The van der Waals surface area contributed by atoms with E-state index in [0.717, 1.165) is 47.4 Å². The molecule has 0 saturated carbocycles. The molecule has 1 aromatic heterocycles. The smallest absolute Gasteiger partial charge is 0.321 e. The molecule has 7 nitrogen and oxygen atoms in total. The second kappa shape index (κ2) is 10.1. The number of ether oxygens (including phenoxy) is 1. The topological polar surface area (TPSA) is 70.6 Å². The molecule has 178 valence electrons. The highest BCUT2D eigenvalue weighted by Crippen LogP contribution is 2.31. The fraction of sp³-hybridized carbons (Fsp3) is 0.370. The second-order valence-electron chi connectivity index (χ2n) is 9.02. The summed E-state index contributed by atoms with van der Waals surface area (Å²) >= 11 is 0. The maximum atomic E-state index is 12.8. The van der Waals surface area contributed by atoms with E-state index in [2.05, 4.69) is 62.2 Å². The van der Waals surface area contributed by atoms with Gasteiger partial charge in [0.05, 0.1) is 7.11 Å². The Morgan fingerprint density at radius 3 is 2.18 bits per heavy atom. The van der Waals surface area contributed by atoms with Gasteiger partial charge in [0.15, 0.2) is 5.82 Å². The zero-order chi connectivity index (χ0) is 24.2. The highest BCUT2D eigenvalue weighted by atomic mass is 16.5. The number of carbonyl (C=O) groups is 1. The highest BCUT2D eigenvalue weighted by molar-refractivity contribution is 5.89. The minimum atomic E-state index is -0.0897. The lowest BCUT2D eigenvalue weighted by Crippen LogP contribution is -2.50. The zero-order valence-corrected chi connectivity index (χ0v) is 20.6. The van der Waals surface area contributed by atoms with Crippen molar-refractivity contribution in [3.05, 3.63) is 65.4 Å². The Labute approximate surface area is 201 Å². The third-order valence-electron chi connectivity index (χ3n) is 6.21. The summed E-state index contributed by atoms with van der Waals surface area (Å²) in [6, 6.07) is 15.6. The molecular weight excluding hydrogens is 426 g/mol. The van der Waals surface area contributed by atoms with Crippen molar-refractivity contribution in [2.45, 2.75) is 33.6 Å². The number of anilines is 2. The van der Waals surface area contributed by atoms with Crippen molar-refractivity contribution < 1.29 is 9.53 Å². The number of methoxy groups -OCH3 is 1. The molecule has 0 aliphatic carbocycles. The lowest BCUT2D eigenvalue weighted by Gasteiger charge is -2.37. The first-order chi connectivity index (χ1) is 16.4. The maximum absolute atomic E-state index is 12.8. The first-order valence-electron chi connectivity index (χ1n) is 11.8. The summed E-state index contributed by atoms with van der Waals surface area (Å²) < 4.78 is 5.18. The molecule has 1 aliphatic rings. The number of rotatable bonds is 5. The van der Waals surface area contributed by atoms with Crippen molar-refractivity contribution in [2.75, 3.05) is 43.5 Å².